The number of alkyl halides is 1. The van der Waals surface area contributed by atoms with E-state index in [1.807, 2.05) is 43.3 Å². The Morgan fingerprint density at radius 1 is 1.24 bits per heavy atom. The minimum absolute atomic E-state index is 0.0954. The van der Waals surface area contributed by atoms with E-state index >= 15 is 0 Å². The first-order valence-electron chi connectivity index (χ1n) is 5.32. The van der Waals surface area contributed by atoms with E-state index in [1.54, 1.807) is 11.3 Å². The van der Waals surface area contributed by atoms with Crippen LogP contribution < -0.4 is 4.74 Å². The molecule has 0 aliphatic heterocycles. The summed E-state index contributed by atoms with van der Waals surface area (Å²) < 4.78 is 6.50. The molecule has 0 saturated carbocycles. The maximum absolute atomic E-state index is 6.42. The van der Waals surface area contributed by atoms with Crippen molar-refractivity contribution in [3.63, 3.8) is 0 Å². The van der Waals surface area contributed by atoms with Crippen molar-refractivity contribution in [2.24, 2.45) is 0 Å². The highest BCUT2D eigenvalue weighted by atomic mass is 79.9. The van der Waals surface area contributed by atoms with Gasteiger partial charge in [0.05, 0.1) is 15.8 Å². The molecule has 0 aliphatic carbocycles. The quantitative estimate of drug-likeness (QED) is 0.696. The summed E-state index contributed by atoms with van der Waals surface area (Å²) in [4.78, 5) is 1.14. The average Bonchev–Trinajstić information content (AvgIpc) is 2.76. The molecule has 1 atom stereocenters. The van der Waals surface area contributed by atoms with E-state index in [0.29, 0.717) is 6.61 Å². The van der Waals surface area contributed by atoms with E-state index in [2.05, 4.69) is 15.9 Å². The molecule has 4 heteroatoms. The Balaban J connectivity index is 2.16. The van der Waals surface area contributed by atoms with Crippen LogP contribution in [-0.4, -0.2) is 6.61 Å². The van der Waals surface area contributed by atoms with Crippen LogP contribution in [0.2, 0.25) is 0 Å². The fraction of sp³-hybridized carbons (Fsp3) is 0.231. The lowest BCUT2D eigenvalue weighted by atomic mass is 10.1. The second-order valence-electron chi connectivity index (χ2n) is 3.51. The van der Waals surface area contributed by atoms with E-state index in [-0.39, 0.29) is 5.38 Å². The molecule has 1 nitrogen and oxygen atoms in total. The Morgan fingerprint density at radius 3 is 2.47 bits per heavy atom. The molecule has 17 heavy (non-hydrogen) atoms. The molecule has 0 bridgehead atoms. The Bertz CT molecular complexity index is 480. The maximum atomic E-state index is 6.42. The molecule has 0 saturated heterocycles. The van der Waals surface area contributed by atoms with Crippen LogP contribution in [0.4, 0.5) is 0 Å². The second-order valence-corrected chi connectivity index (χ2v) is 6.44. The summed E-state index contributed by atoms with van der Waals surface area (Å²) in [5.41, 5.74) is 1.09. The van der Waals surface area contributed by atoms with Gasteiger partial charge in [0.25, 0.3) is 0 Å². The molecule has 1 unspecified atom stereocenters. The third-order valence-electron chi connectivity index (χ3n) is 2.33. The average molecular weight is 332 g/mol. The standard InChI is InChI=1S/C13H12BrClOS/c1-2-16-10-5-3-9(4-6-10)13(15)11-7-8-12(14)17-11/h3-8,13H,2H2,1H3. The number of benzene rings is 1. The van der Waals surface area contributed by atoms with Gasteiger partial charge in [0.1, 0.15) is 5.75 Å². The number of halogens is 2. The van der Waals surface area contributed by atoms with Crippen LogP contribution in [-0.2, 0) is 0 Å². The topological polar surface area (TPSA) is 9.23 Å². The van der Waals surface area contributed by atoms with Crippen molar-refractivity contribution in [1.29, 1.82) is 0 Å². The summed E-state index contributed by atoms with van der Waals surface area (Å²) in [7, 11) is 0. The Kier molecular flexibility index (Phi) is 4.48. The molecule has 90 valence electrons. The Morgan fingerprint density at radius 2 is 1.94 bits per heavy atom. The van der Waals surface area contributed by atoms with Gasteiger partial charge in [0.2, 0.25) is 0 Å². The molecule has 1 aromatic heterocycles. The molecule has 0 fully saturated rings. The van der Waals surface area contributed by atoms with E-state index in [4.69, 9.17) is 16.3 Å². The molecule has 0 N–H and O–H groups in total. The first-order chi connectivity index (χ1) is 8.20. The van der Waals surface area contributed by atoms with Crippen molar-refractivity contribution in [3.05, 3.63) is 50.6 Å². The van der Waals surface area contributed by atoms with Crippen molar-refractivity contribution >= 4 is 38.9 Å². The van der Waals surface area contributed by atoms with Gasteiger partial charge in [0.15, 0.2) is 0 Å². The fourth-order valence-electron chi connectivity index (χ4n) is 1.53. The smallest absolute Gasteiger partial charge is 0.119 e. The lowest BCUT2D eigenvalue weighted by molar-refractivity contribution is 0.340. The fourth-order valence-corrected chi connectivity index (χ4v) is 3.31. The molecule has 2 rings (SSSR count). The molecule has 0 spiro atoms. The van der Waals surface area contributed by atoms with Crippen LogP contribution >= 0.6 is 38.9 Å². The lowest BCUT2D eigenvalue weighted by Gasteiger charge is -2.09. The molecular formula is C13H12BrClOS. The molecule has 0 radical (unpaired) electrons. The zero-order valence-corrected chi connectivity index (χ0v) is 12.5. The number of rotatable bonds is 4. The van der Waals surface area contributed by atoms with E-state index in [0.717, 1.165) is 20.0 Å². The minimum Gasteiger partial charge on any atom is -0.494 e. The van der Waals surface area contributed by atoms with Gasteiger partial charge < -0.3 is 4.74 Å². The summed E-state index contributed by atoms with van der Waals surface area (Å²) in [6.45, 7) is 2.66. The SMILES string of the molecule is CCOc1ccc(C(Cl)c2ccc(Br)s2)cc1. The Labute approximate surface area is 119 Å². The number of thiophene rings is 1. The zero-order chi connectivity index (χ0) is 12.3. The van der Waals surface area contributed by atoms with E-state index in [1.165, 1.54) is 0 Å². The van der Waals surface area contributed by atoms with Gasteiger partial charge in [-0.1, -0.05) is 12.1 Å². The van der Waals surface area contributed by atoms with Gasteiger partial charge in [-0.15, -0.1) is 22.9 Å². The van der Waals surface area contributed by atoms with Gasteiger partial charge in [-0.3, -0.25) is 0 Å². The number of hydrogen-bond donors (Lipinski definition) is 0. The van der Waals surface area contributed by atoms with Gasteiger partial charge in [-0.05, 0) is 52.7 Å². The van der Waals surface area contributed by atoms with Crippen molar-refractivity contribution in [3.8, 4) is 5.75 Å². The number of hydrogen-bond acceptors (Lipinski definition) is 2. The van der Waals surface area contributed by atoms with Crippen LogP contribution in [0.1, 0.15) is 22.7 Å². The lowest BCUT2D eigenvalue weighted by Crippen LogP contribution is -1.93. The van der Waals surface area contributed by atoms with Crippen LogP contribution in [0, 0.1) is 0 Å². The molecule has 1 aromatic carbocycles. The van der Waals surface area contributed by atoms with Gasteiger partial charge >= 0.3 is 0 Å². The van der Waals surface area contributed by atoms with Crippen molar-refractivity contribution in [2.45, 2.75) is 12.3 Å². The summed E-state index contributed by atoms with van der Waals surface area (Å²) >= 11 is 11.5. The molecule has 0 aliphatic rings. The van der Waals surface area contributed by atoms with Crippen LogP contribution in [0.15, 0.2) is 40.2 Å². The maximum Gasteiger partial charge on any atom is 0.119 e. The predicted octanol–water partition coefficient (Wildman–Crippen LogP) is 5.24. The van der Waals surface area contributed by atoms with Crippen LogP contribution in [0.25, 0.3) is 0 Å². The third-order valence-corrected chi connectivity index (χ3v) is 4.63. The molecule has 2 aromatic rings. The molecule has 1 heterocycles. The van der Waals surface area contributed by atoms with Gasteiger partial charge in [-0.2, -0.15) is 0 Å². The normalized spacial score (nSPS) is 12.4. The van der Waals surface area contributed by atoms with E-state index < -0.39 is 0 Å². The van der Waals surface area contributed by atoms with Crippen molar-refractivity contribution < 1.29 is 4.74 Å². The minimum atomic E-state index is -0.0954. The van der Waals surface area contributed by atoms with E-state index in [9.17, 15) is 0 Å². The van der Waals surface area contributed by atoms with Gasteiger partial charge in [0, 0.05) is 4.88 Å². The second kappa shape index (κ2) is 5.89. The highest BCUT2D eigenvalue weighted by Gasteiger charge is 2.12. The van der Waals surface area contributed by atoms with Crippen molar-refractivity contribution in [2.75, 3.05) is 6.61 Å². The summed E-state index contributed by atoms with van der Waals surface area (Å²) in [6.07, 6.45) is 0. The molecular weight excluding hydrogens is 320 g/mol. The zero-order valence-electron chi connectivity index (χ0n) is 9.32. The van der Waals surface area contributed by atoms with Crippen LogP contribution in [0.5, 0.6) is 5.75 Å². The monoisotopic (exact) mass is 330 g/mol. The van der Waals surface area contributed by atoms with Gasteiger partial charge in [-0.25, -0.2) is 0 Å². The number of ether oxygens (including phenoxy) is 1. The summed E-state index contributed by atoms with van der Waals surface area (Å²) in [5.74, 6) is 0.882. The highest BCUT2D eigenvalue weighted by molar-refractivity contribution is 9.11. The summed E-state index contributed by atoms with van der Waals surface area (Å²) in [6, 6.07) is 12.0. The Hall–Kier alpha value is -0.510. The third kappa shape index (κ3) is 3.24. The predicted molar refractivity (Wildman–Crippen MR) is 77.3 cm³/mol. The first-order valence-corrected chi connectivity index (χ1v) is 7.37. The molecule has 0 amide bonds. The first kappa shape index (κ1) is 12.9. The summed E-state index contributed by atoms with van der Waals surface area (Å²) in [5, 5.41) is -0.0954. The largest absolute Gasteiger partial charge is 0.494 e. The van der Waals surface area contributed by atoms with Crippen LogP contribution in [0.3, 0.4) is 0 Å². The highest BCUT2D eigenvalue weighted by Crippen LogP contribution is 2.35. The van der Waals surface area contributed by atoms with Crippen molar-refractivity contribution in [1.82, 2.24) is 0 Å².